The number of anilines is 1. The molecule has 3 N–H and O–H groups in total. The van der Waals surface area contributed by atoms with Crippen molar-refractivity contribution in [3.63, 3.8) is 0 Å². The number of nitrogens with zero attached hydrogens (tertiary/aromatic N) is 2. The molecule has 6 nitrogen and oxygen atoms in total. The van der Waals surface area contributed by atoms with Crippen LogP contribution in [-0.2, 0) is 16.0 Å². The van der Waals surface area contributed by atoms with Crippen molar-refractivity contribution in [3.05, 3.63) is 29.8 Å². The lowest BCUT2D eigenvalue weighted by Gasteiger charge is -2.24. The zero-order chi connectivity index (χ0) is 16.8. The lowest BCUT2D eigenvalue weighted by molar-refractivity contribution is -0.124. The van der Waals surface area contributed by atoms with E-state index in [0.717, 1.165) is 19.5 Å². The molecule has 0 unspecified atom stereocenters. The van der Waals surface area contributed by atoms with Gasteiger partial charge in [0.25, 0.3) is 0 Å². The van der Waals surface area contributed by atoms with Crippen molar-refractivity contribution in [3.8, 4) is 0 Å². The van der Waals surface area contributed by atoms with Crippen LogP contribution in [0.25, 0.3) is 0 Å². The molecule has 0 aromatic heterocycles. The molecule has 2 rings (SSSR count). The number of hydrogen-bond acceptors (Lipinski definition) is 4. The molecule has 1 heterocycles. The van der Waals surface area contributed by atoms with E-state index in [9.17, 15) is 9.59 Å². The van der Waals surface area contributed by atoms with E-state index in [2.05, 4.69) is 28.4 Å². The Morgan fingerprint density at radius 2 is 2.04 bits per heavy atom. The highest BCUT2D eigenvalue weighted by Crippen LogP contribution is 2.26. The molecule has 1 aromatic rings. The molecule has 0 saturated heterocycles. The molecule has 1 aliphatic heterocycles. The summed E-state index contributed by atoms with van der Waals surface area (Å²) in [5, 5.41) is 2.92. The minimum Gasteiger partial charge on any atom is -0.369 e. The second-order valence-electron chi connectivity index (χ2n) is 6.18. The fraction of sp³-hybridized carbons (Fsp3) is 0.529. The number of primary amides is 1. The van der Waals surface area contributed by atoms with Gasteiger partial charge in [-0.3, -0.25) is 14.5 Å². The molecule has 2 amide bonds. The number of nitrogens with one attached hydrogen (secondary N) is 1. The summed E-state index contributed by atoms with van der Waals surface area (Å²) in [6.45, 7) is 6.56. The van der Waals surface area contributed by atoms with Gasteiger partial charge in [0, 0.05) is 31.4 Å². The number of carbonyl (C=O) groups excluding carboxylic acids is 2. The van der Waals surface area contributed by atoms with Crippen LogP contribution in [0.1, 0.15) is 19.4 Å². The van der Waals surface area contributed by atoms with Crippen LogP contribution in [0.4, 0.5) is 5.69 Å². The average Bonchev–Trinajstić information content (AvgIpc) is 2.89. The third-order valence-electron chi connectivity index (χ3n) is 4.12. The van der Waals surface area contributed by atoms with E-state index < -0.39 is 5.91 Å². The maximum atomic E-state index is 12.0. The van der Waals surface area contributed by atoms with Gasteiger partial charge in [-0.1, -0.05) is 18.2 Å². The molecule has 0 atom stereocenters. The maximum absolute atomic E-state index is 12.0. The Morgan fingerprint density at radius 3 is 2.74 bits per heavy atom. The van der Waals surface area contributed by atoms with Crippen molar-refractivity contribution < 1.29 is 9.59 Å². The molecule has 0 radical (unpaired) electrons. The Balaban J connectivity index is 1.76. The van der Waals surface area contributed by atoms with E-state index in [-0.39, 0.29) is 25.0 Å². The van der Waals surface area contributed by atoms with Gasteiger partial charge in [-0.05, 0) is 31.9 Å². The quantitative estimate of drug-likeness (QED) is 0.725. The molecule has 6 heteroatoms. The van der Waals surface area contributed by atoms with Crippen molar-refractivity contribution in [2.45, 2.75) is 26.3 Å². The van der Waals surface area contributed by atoms with E-state index >= 15 is 0 Å². The van der Waals surface area contributed by atoms with E-state index in [1.807, 2.05) is 19.9 Å². The molecular formula is C17H26N4O2. The lowest BCUT2D eigenvalue weighted by atomic mass is 10.2. The predicted molar refractivity (Wildman–Crippen MR) is 91.3 cm³/mol. The van der Waals surface area contributed by atoms with Gasteiger partial charge in [-0.15, -0.1) is 0 Å². The highest BCUT2D eigenvalue weighted by atomic mass is 16.2. The first-order chi connectivity index (χ1) is 11.0. The molecule has 0 spiro atoms. The Labute approximate surface area is 137 Å². The van der Waals surface area contributed by atoms with Crippen LogP contribution in [0.15, 0.2) is 24.3 Å². The SMILES string of the molecule is CC(C)N(CC(N)=O)CC(=O)NCCN1CCc2ccccc21. The molecule has 0 fully saturated rings. The molecule has 126 valence electrons. The largest absolute Gasteiger partial charge is 0.369 e. The van der Waals surface area contributed by atoms with Crippen LogP contribution in [0.2, 0.25) is 0 Å². The van der Waals surface area contributed by atoms with Crippen LogP contribution >= 0.6 is 0 Å². The average molecular weight is 318 g/mol. The highest BCUT2D eigenvalue weighted by molar-refractivity contribution is 5.80. The van der Waals surface area contributed by atoms with Gasteiger partial charge in [0.15, 0.2) is 0 Å². The summed E-state index contributed by atoms with van der Waals surface area (Å²) in [5.74, 6) is -0.493. The fourth-order valence-corrected chi connectivity index (χ4v) is 2.83. The first kappa shape index (κ1) is 17.3. The highest BCUT2D eigenvalue weighted by Gasteiger charge is 2.19. The van der Waals surface area contributed by atoms with Crippen molar-refractivity contribution >= 4 is 17.5 Å². The van der Waals surface area contributed by atoms with Gasteiger partial charge in [0.2, 0.25) is 11.8 Å². The van der Waals surface area contributed by atoms with Crippen molar-refractivity contribution in [1.29, 1.82) is 0 Å². The van der Waals surface area contributed by atoms with Gasteiger partial charge >= 0.3 is 0 Å². The number of nitrogens with two attached hydrogens (primary N) is 1. The normalized spacial score (nSPS) is 13.5. The van der Waals surface area contributed by atoms with Crippen molar-refractivity contribution in [2.75, 3.05) is 37.6 Å². The number of fused-ring (bicyclic) bond motifs is 1. The standard InChI is InChI=1S/C17H26N4O2/c1-13(2)21(11-16(18)22)12-17(23)19-8-10-20-9-7-14-5-3-4-6-15(14)20/h3-6,13H,7-12H2,1-2H3,(H2,18,22)(H,19,23). The number of hydrogen-bond donors (Lipinski definition) is 2. The zero-order valence-electron chi connectivity index (χ0n) is 13.9. The van der Waals surface area contributed by atoms with E-state index in [1.54, 1.807) is 4.90 Å². The maximum Gasteiger partial charge on any atom is 0.234 e. The second-order valence-corrected chi connectivity index (χ2v) is 6.18. The molecular weight excluding hydrogens is 292 g/mol. The number of carbonyl (C=O) groups is 2. The summed E-state index contributed by atoms with van der Waals surface area (Å²) >= 11 is 0. The van der Waals surface area contributed by atoms with E-state index in [1.165, 1.54) is 11.3 Å². The Kier molecular flexibility index (Phi) is 5.98. The molecule has 1 aromatic carbocycles. The zero-order valence-corrected chi connectivity index (χ0v) is 13.9. The van der Waals surface area contributed by atoms with Gasteiger partial charge in [-0.25, -0.2) is 0 Å². The molecule has 23 heavy (non-hydrogen) atoms. The molecule has 1 aliphatic rings. The predicted octanol–water partition coefficient (Wildman–Crippen LogP) is 0.361. The first-order valence-corrected chi connectivity index (χ1v) is 8.09. The number of benzene rings is 1. The summed E-state index contributed by atoms with van der Waals surface area (Å²) in [4.78, 5) is 27.1. The summed E-state index contributed by atoms with van der Waals surface area (Å²) in [6.07, 6.45) is 1.06. The number of para-hydroxylation sites is 1. The monoisotopic (exact) mass is 318 g/mol. The second kappa shape index (κ2) is 7.97. The lowest BCUT2D eigenvalue weighted by Crippen LogP contribution is -2.45. The minimum absolute atomic E-state index is 0.0765. The van der Waals surface area contributed by atoms with Gasteiger partial charge in [-0.2, -0.15) is 0 Å². The van der Waals surface area contributed by atoms with E-state index in [4.69, 9.17) is 5.73 Å². The molecule has 0 bridgehead atoms. The summed E-state index contributed by atoms with van der Waals surface area (Å²) in [7, 11) is 0. The third-order valence-corrected chi connectivity index (χ3v) is 4.12. The smallest absolute Gasteiger partial charge is 0.234 e. The summed E-state index contributed by atoms with van der Waals surface area (Å²) in [5.41, 5.74) is 7.85. The molecule has 0 aliphatic carbocycles. The topological polar surface area (TPSA) is 78.7 Å². The van der Waals surface area contributed by atoms with Gasteiger partial charge < -0.3 is 16.0 Å². The third kappa shape index (κ3) is 4.96. The van der Waals surface area contributed by atoms with Crippen LogP contribution in [0.3, 0.4) is 0 Å². The van der Waals surface area contributed by atoms with E-state index in [0.29, 0.717) is 6.54 Å². The fourth-order valence-electron chi connectivity index (χ4n) is 2.83. The van der Waals surface area contributed by atoms with Crippen LogP contribution < -0.4 is 16.0 Å². The Hall–Kier alpha value is -2.08. The van der Waals surface area contributed by atoms with Crippen LogP contribution in [0.5, 0.6) is 0 Å². The van der Waals surface area contributed by atoms with Gasteiger partial charge in [0.1, 0.15) is 0 Å². The molecule has 0 saturated carbocycles. The Morgan fingerprint density at radius 1 is 1.30 bits per heavy atom. The number of rotatable bonds is 8. The van der Waals surface area contributed by atoms with Gasteiger partial charge in [0.05, 0.1) is 13.1 Å². The Bertz CT molecular complexity index is 559. The summed E-state index contributed by atoms with van der Waals surface area (Å²) in [6, 6.07) is 8.47. The van der Waals surface area contributed by atoms with Crippen molar-refractivity contribution in [1.82, 2.24) is 10.2 Å². The van der Waals surface area contributed by atoms with Crippen LogP contribution in [-0.4, -0.2) is 55.5 Å². The number of amides is 2. The van der Waals surface area contributed by atoms with Crippen molar-refractivity contribution in [2.24, 2.45) is 5.73 Å². The summed E-state index contributed by atoms with van der Waals surface area (Å²) < 4.78 is 0. The first-order valence-electron chi connectivity index (χ1n) is 8.09. The minimum atomic E-state index is -0.417. The van der Waals surface area contributed by atoms with Crippen LogP contribution in [0, 0.1) is 0 Å².